The molecule has 1 heterocycles. The van der Waals surface area contributed by atoms with E-state index in [2.05, 4.69) is 31.9 Å². The minimum atomic E-state index is -1.20. The van der Waals surface area contributed by atoms with Gasteiger partial charge < -0.3 is 60.3 Å². The van der Waals surface area contributed by atoms with Crippen LogP contribution in [0, 0.1) is 17.0 Å². The molecule has 0 unspecified atom stereocenters. The number of benzene rings is 2. The number of ether oxygens (including phenoxy) is 4. The Morgan fingerprint density at radius 3 is 2.10 bits per heavy atom. The van der Waals surface area contributed by atoms with Crippen LogP contribution in [0.1, 0.15) is 50.9 Å². The van der Waals surface area contributed by atoms with Gasteiger partial charge in [-0.2, -0.15) is 0 Å². The van der Waals surface area contributed by atoms with E-state index < -0.39 is 59.6 Å². The maximum absolute atomic E-state index is 15.1. The third-order valence-corrected chi connectivity index (χ3v) is 10.2. The molecule has 3 amide bonds. The zero-order chi connectivity index (χ0) is 46.2. The lowest BCUT2D eigenvalue weighted by molar-refractivity contribution is -0.140. The molecule has 7 N–H and O–H groups in total. The van der Waals surface area contributed by atoms with Crippen LogP contribution >= 0.6 is 15.9 Å². The SMILES string of the molecule is CC(C)(C)[C@H](c1cc(-c2cc(F)ccc2F)cn1Cc1ccccc1)N(CC[C@H](N)CN[C@H](CNC(=O)CCOCCOCCOCCOCCNC(=O)CBr)C(=O)O)C(=O)CO. The zero-order valence-electron chi connectivity index (χ0n) is 36.3. The van der Waals surface area contributed by atoms with Gasteiger partial charge >= 0.3 is 5.97 Å². The molecule has 16 nitrogen and oxygen atoms in total. The van der Waals surface area contributed by atoms with E-state index in [1.54, 1.807) is 12.3 Å². The van der Waals surface area contributed by atoms with E-state index in [0.717, 1.165) is 23.8 Å². The first-order valence-electron chi connectivity index (χ1n) is 20.9. The van der Waals surface area contributed by atoms with Crippen LogP contribution < -0.4 is 21.7 Å². The molecule has 1 aromatic heterocycles. The van der Waals surface area contributed by atoms with Gasteiger partial charge in [-0.25, -0.2) is 8.78 Å². The molecule has 0 aliphatic rings. The van der Waals surface area contributed by atoms with Gasteiger partial charge in [0.15, 0.2) is 0 Å². The molecular weight excluding hydrogens is 890 g/mol. The molecule has 3 rings (SSSR count). The zero-order valence-corrected chi connectivity index (χ0v) is 37.9. The van der Waals surface area contributed by atoms with Crippen molar-refractivity contribution in [2.45, 2.75) is 58.3 Å². The van der Waals surface area contributed by atoms with Crippen molar-refractivity contribution in [1.29, 1.82) is 0 Å². The molecule has 3 atom stereocenters. The number of aliphatic hydroxyl groups excluding tert-OH is 1. The number of hydrogen-bond donors (Lipinski definition) is 6. The first-order valence-corrected chi connectivity index (χ1v) is 22.0. The number of hydrogen-bond acceptors (Lipinski definition) is 11. The average Bonchev–Trinajstić information content (AvgIpc) is 3.65. The van der Waals surface area contributed by atoms with Gasteiger partial charge in [-0.05, 0) is 41.7 Å². The van der Waals surface area contributed by atoms with E-state index in [4.69, 9.17) is 24.7 Å². The quantitative estimate of drug-likeness (QED) is 0.0405. The van der Waals surface area contributed by atoms with Crippen LogP contribution in [-0.4, -0.2) is 146 Å². The predicted octanol–water partition coefficient (Wildman–Crippen LogP) is 3.23. The Morgan fingerprint density at radius 2 is 1.49 bits per heavy atom. The highest BCUT2D eigenvalue weighted by molar-refractivity contribution is 9.09. The number of amides is 3. The molecule has 63 heavy (non-hydrogen) atoms. The van der Waals surface area contributed by atoms with E-state index in [9.17, 15) is 33.8 Å². The molecule has 2 aromatic carbocycles. The molecule has 0 radical (unpaired) electrons. The smallest absolute Gasteiger partial charge is 0.322 e. The second-order valence-electron chi connectivity index (χ2n) is 15.7. The van der Waals surface area contributed by atoms with Crippen LogP contribution in [0.25, 0.3) is 11.1 Å². The van der Waals surface area contributed by atoms with Crippen LogP contribution in [0.2, 0.25) is 0 Å². The number of aliphatic carboxylic acids is 1. The van der Waals surface area contributed by atoms with Crippen molar-refractivity contribution in [3.05, 3.63) is 83.7 Å². The first kappa shape index (κ1) is 53.0. The topological polar surface area (TPSA) is 216 Å². The molecule has 0 saturated carbocycles. The molecule has 0 saturated heterocycles. The molecule has 350 valence electrons. The minimum absolute atomic E-state index is 0.00577. The van der Waals surface area contributed by atoms with E-state index in [1.165, 1.54) is 4.90 Å². The number of carboxylic acid groups (broad SMARTS) is 1. The monoisotopic (exact) mass is 952 g/mol. The lowest BCUT2D eigenvalue weighted by atomic mass is 9.82. The van der Waals surface area contributed by atoms with Gasteiger partial charge in [-0.3, -0.25) is 19.2 Å². The van der Waals surface area contributed by atoms with Gasteiger partial charge in [0, 0.05) is 68.2 Å². The number of alkyl halides is 1. The number of aromatic nitrogens is 1. The van der Waals surface area contributed by atoms with Crippen molar-refractivity contribution < 1.29 is 57.1 Å². The Kier molecular flexibility index (Phi) is 23.9. The Morgan fingerprint density at radius 1 is 0.857 bits per heavy atom. The summed E-state index contributed by atoms with van der Waals surface area (Å²) >= 11 is 3.06. The summed E-state index contributed by atoms with van der Waals surface area (Å²) in [6, 6.07) is 12.0. The third kappa shape index (κ3) is 19.5. The minimum Gasteiger partial charge on any atom is -0.480 e. The Bertz CT molecular complexity index is 1850. The fraction of sp³-hybridized carbons (Fsp3) is 0.545. The summed E-state index contributed by atoms with van der Waals surface area (Å²) < 4.78 is 53.0. The van der Waals surface area contributed by atoms with Crippen molar-refractivity contribution in [3.8, 4) is 11.1 Å². The number of carbonyl (C=O) groups excluding carboxylic acids is 3. The maximum Gasteiger partial charge on any atom is 0.322 e. The Balaban J connectivity index is 1.49. The molecule has 0 spiro atoms. The molecule has 3 aromatic rings. The highest BCUT2D eigenvalue weighted by atomic mass is 79.9. The summed E-state index contributed by atoms with van der Waals surface area (Å²) in [6.45, 7) is 8.23. The molecule has 0 bridgehead atoms. The van der Waals surface area contributed by atoms with E-state index in [1.807, 2.05) is 55.7 Å². The highest BCUT2D eigenvalue weighted by Gasteiger charge is 2.37. The number of nitrogens with two attached hydrogens (primary N) is 1. The molecule has 0 fully saturated rings. The van der Waals surface area contributed by atoms with Crippen LogP contribution in [0.4, 0.5) is 8.78 Å². The van der Waals surface area contributed by atoms with Gasteiger partial charge in [0.25, 0.3) is 0 Å². The van der Waals surface area contributed by atoms with Crippen LogP contribution in [-0.2, 0) is 44.7 Å². The number of aliphatic hydroxyl groups is 1. The van der Waals surface area contributed by atoms with E-state index in [-0.39, 0.29) is 62.5 Å². The van der Waals surface area contributed by atoms with Gasteiger partial charge in [-0.1, -0.05) is 67.0 Å². The van der Waals surface area contributed by atoms with Gasteiger partial charge in [0.05, 0.1) is 64.2 Å². The molecule has 0 aliphatic heterocycles. The summed E-state index contributed by atoms with van der Waals surface area (Å²) in [5, 5.41) is 28.4. The summed E-state index contributed by atoms with van der Waals surface area (Å²) in [7, 11) is 0. The van der Waals surface area contributed by atoms with E-state index >= 15 is 4.39 Å². The molecular formula is C44H63BrF2N6O10. The Hall–Kier alpha value is -4.34. The van der Waals surface area contributed by atoms with Gasteiger partial charge in [-0.15, -0.1) is 0 Å². The summed E-state index contributed by atoms with van der Waals surface area (Å²) in [6.07, 6.45) is 1.94. The summed E-state index contributed by atoms with van der Waals surface area (Å²) in [5.41, 5.74) is 7.87. The number of nitrogens with zero attached hydrogens (tertiary/aromatic N) is 2. The van der Waals surface area contributed by atoms with Crippen molar-refractivity contribution in [2.75, 3.05) is 91.0 Å². The fourth-order valence-corrected chi connectivity index (χ4v) is 6.79. The van der Waals surface area contributed by atoms with Crippen molar-refractivity contribution in [2.24, 2.45) is 11.1 Å². The maximum atomic E-state index is 15.1. The van der Waals surface area contributed by atoms with Gasteiger partial charge in [0.2, 0.25) is 17.7 Å². The van der Waals surface area contributed by atoms with Crippen molar-refractivity contribution in [3.63, 3.8) is 0 Å². The lowest BCUT2D eigenvalue weighted by Gasteiger charge is -2.41. The van der Waals surface area contributed by atoms with Crippen molar-refractivity contribution >= 4 is 39.6 Å². The van der Waals surface area contributed by atoms with E-state index in [0.29, 0.717) is 64.0 Å². The first-order chi connectivity index (χ1) is 30.1. The number of carboxylic acids is 1. The second kappa shape index (κ2) is 28.5. The van der Waals surface area contributed by atoms with Crippen LogP contribution in [0.3, 0.4) is 0 Å². The normalized spacial score (nSPS) is 13.0. The van der Waals surface area contributed by atoms with Crippen LogP contribution in [0.15, 0.2) is 60.8 Å². The fourth-order valence-electron chi connectivity index (χ4n) is 6.59. The molecule has 19 heteroatoms. The second-order valence-corrected chi connectivity index (χ2v) is 16.3. The summed E-state index contributed by atoms with van der Waals surface area (Å²) in [5.74, 6) is -3.48. The van der Waals surface area contributed by atoms with Crippen molar-refractivity contribution in [1.82, 2.24) is 25.4 Å². The van der Waals surface area contributed by atoms with Gasteiger partial charge in [0.1, 0.15) is 24.3 Å². The third-order valence-electron chi connectivity index (χ3n) is 9.68. The number of halogens is 3. The molecule has 0 aliphatic carbocycles. The van der Waals surface area contributed by atoms with Crippen LogP contribution in [0.5, 0.6) is 0 Å². The predicted molar refractivity (Wildman–Crippen MR) is 236 cm³/mol. The largest absolute Gasteiger partial charge is 0.480 e. The number of rotatable bonds is 31. The lowest BCUT2D eigenvalue weighted by Crippen LogP contribution is -2.50. The highest BCUT2D eigenvalue weighted by Crippen LogP contribution is 2.41. The number of carbonyl (C=O) groups is 4. The number of nitrogens with one attached hydrogen (secondary N) is 3. The Labute approximate surface area is 376 Å². The summed E-state index contributed by atoms with van der Waals surface area (Å²) in [4.78, 5) is 50.7. The average molecular weight is 954 g/mol. The standard InChI is InChI=1S/C44H63BrF2N6O10/c1-44(2,3)42(38-23-32(35-24-33(46)9-10-36(35)47)29-52(38)28-31-7-5-4-6-8-31)53(41(57)30-54)14-11-34(48)26-50-37(43(58)59)27-51-39(55)12-15-60-17-19-62-21-22-63-20-18-61-16-13-49-40(56)25-45/h4-10,23-24,29,34,37,42,50,54H,11-22,25-28,30,48H2,1-3H3,(H,49,56)(H,51,55)(H,58,59)/t34-,37+,42-/m0/s1.